The first-order valence-electron chi connectivity index (χ1n) is 8.05. The topological polar surface area (TPSA) is 17.8 Å². The molecule has 0 aliphatic rings. The Morgan fingerprint density at radius 3 is 2.54 bits per heavy atom. The van der Waals surface area contributed by atoms with Crippen molar-refractivity contribution in [2.45, 2.75) is 17.5 Å². The maximum Gasteiger partial charge on any atom is 0.168 e. The predicted octanol–water partition coefficient (Wildman–Crippen LogP) is 5.38. The normalized spacial score (nSPS) is 11.0. The van der Waals surface area contributed by atoms with Gasteiger partial charge in [0.2, 0.25) is 0 Å². The molecule has 0 atom stereocenters. The Hall–Kier alpha value is -2.52. The van der Waals surface area contributed by atoms with Crippen LogP contribution in [0.4, 0.5) is 0 Å². The smallest absolute Gasteiger partial charge is 0.168 e. The maximum absolute atomic E-state index is 4.53. The average molecular weight is 330 g/mol. The standard InChI is InChI=1S/C21H18N2S/c1-2-7-17(8-3-1)15-23-14-13-22-21(23)24-16-19-11-6-10-18-9-4-5-12-20(18)19/h1-14H,15-16H2. The molecule has 4 rings (SSSR count). The number of nitrogens with zero attached hydrogens (tertiary/aromatic N) is 2. The van der Waals surface area contributed by atoms with Crippen molar-refractivity contribution in [1.82, 2.24) is 9.55 Å². The van der Waals surface area contributed by atoms with Gasteiger partial charge >= 0.3 is 0 Å². The summed E-state index contributed by atoms with van der Waals surface area (Å²) < 4.78 is 2.21. The van der Waals surface area contributed by atoms with Crippen molar-refractivity contribution in [3.05, 3.63) is 96.3 Å². The fourth-order valence-corrected chi connectivity index (χ4v) is 3.86. The van der Waals surface area contributed by atoms with E-state index in [-0.39, 0.29) is 0 Å². The van der Waals surface area contributed by atoms with E-state index in [2.05, 4.69) is 82.5 Å². The van der Waals surface area contributed by atoms with E-state index >= 15 is 0 Å². The van der Waals surface area contributed by atoms with Gasteiger partial charge in [-0.1, -0.05) is 84.6 Å². The Kier molecular flexibility index (Phi) is 4.34. The van der Waals surface area contributed by atoms with E-state index in [0.29, 0.717) is 0 Å². The number of fused-ring (bicyclic) bond motifs is 1. The fourth-order valence-electron chi connectivity index (χ4n) is 2.90. The minimum absolute atomic E-state index is 0.860. The summed E-state index contributed by atoms with van der Waals surface area (Å²) >= 11 is 1.79. The third-order valence-corrected chi connectivity index (χ3v) is 5.16. The zero-order valence-corrected chi connectivity index (χ0v) is 14.1. The molecule has 0 bridgehead atoms. The Labute approximate surface area is 146 Å². The first-order chi connectivity index (χ1) is 11.9. The lowest BCUT2D eigenvalue weighted by Crippen LogP contribution is -2.00. The third-order valence-electron chi connectivity index (χ3n) is 4.11. The van der Waals surface area contributed by atoms with Gasteiger partial charge in [0.15, 0.2) is 5.16 Å². The van der Waals surface area contributed by atoms with Crippen LogP contribution in [0, 0.1) is 0 Å². The molecule has 2 nitrogen and oxygen atoms in total. The highest BCUT2D eigenvalue weighted by atomic mass is 32.2. The molecule has 0 spiro atoms. The van der Waals surface area contributed by atoms with Crippen LogP contribution >= 0.6 is 11.8 Å². The second kappa shape index (κ2) is 6.93. The van der Waals surface area contributed by atoms with E-state index in [9.17, 15) is 0 Å². The van der Waals surface area contributed by atoms with Gasteiger partial charge in [-0.15, -0.1) is 0 Å². The predicted molar refractivity (Wildman–Crippen MR) is 101 cm³/mol. The van der Waals surface area contributed by atoms with Crippen LogP contribution in [0.3, 0.4) is 0 Å². The molecule has 4 aromatic rings. The van der Waals surface area contributed by atoms with Crippen molar-refractivity contribution in [2.75, 3.05) is 0 Å². The Bertz CT molecular complexity index is 939. The number of hydrogen-bond donors (Lipinski definition) is 0. The van der Waals surface area contributed by atoms with Gasteiger partial charge in [-0.25, -0.2) is 4.98 Å². The zero-order valence-electron chi connectivity index (χ0n) is 13.3. The molecule has 0 N–H and O–H groups in total. The first kappa shape index (κ1) is 15.0. The number of benzene rings is 3. The molecular weight excluding hydrogens is 312 g/mol. The van der Waals surface area contributed by atoms with Crippen LogP contribution in [0.1, 0.15) is 11.1 Å². The van der Waals surface area contributed by atoms with Crippen LogP contribution in [0.5, 0.6) is 0 Å². The lowest BCUT2D eigenvalue weighted by Gasteiger charge is -2.09. The summed E-state index contributed by atoms with van der Waals surface area (Å²) in [5, 5.41) is 3.68. The summed E-state index contributed by atoms with van der Waals surface area (Å²) in [4.78, 5) is 4.53. The second-order valence-corrected chi connectivity index (χ2v) is 6.69. The highest BCUT2D eigenvalue weighted by Gasteiger charge is 2.07. The van der Waals surface area contributed by atoms with Crippen LogP contribution in [0.25, 0.3) is 10.8 Å². The Morgan fingerprint density at radius 2 is 1.62 bits per heavy atom. The molecule has 0 aliphatic carbocycles. The molecule has 118 valence electrons. The SMILES string of the molecule is c1ccc(Cn2ccnc2SCc2cccc3ccccc23)cc1. The van der Waals surface area contributed by atoms with Crippen LogP contribution in [-0.4, -0.2) is 9.55 Å². The Balaban J connectivity index is 1.53. The molecule has 0 aliphatic heterocycles. The van der Waals surface area contributed by atoms with Crippen LogP contribution < -0.4 is 0 Å². The van der Waals surface area contributed by atoms with Gasteiger partial charge in [0, 0.05) is 24.7 Å². The molecule has 0 fully saturated rings. The minimum Gasteiger partial charge on any atom is -0.322 e. The van der Waals surface area contributed by atoms with Crippen molar-refractivity contribution in [3.8, 4) is 0 Å². The zero-order chi connectivity index (χ0) is 16.2. The number of thioether (sulfide) groups is 1. The van der Waals surface area contributed by atoms with Crippen molar-refractivity contribution in [2.24, 2.45) is 0 Å². The molecule has 0 saturated carbocycles. The summed E-state index contributed by atoms with van der Waals surface area (Å²) in [5.74, 6) is 0.924. The number of hydrogen-bond acceptors (Lipinski definition) is 2. The summed E-state index contributed by atoms with van der Waals surface area (Å²) in [6.45, 7) is 0.860. The van der Waals surface area contributed by atoms with Crippen LogP contribution in [0.15, 0.2) is 90.3 Å². The molecule has 1 aromatic heterocycles. The molecule has 0 amide bonds. The summed E-state index contributed by atoms with van der Waals surface area (Å²) in [7, 11) is 0. The van der Waals surface area contributed by atoms with Gasteiger partial charge in [-0.05, 0) is 21.9 Å². The maximum atomic E-state index is 4.53. The lowest BCUT2D eigenvalue weighted by molar-refractivity contribution is 0.708. The monoisotopic (exact) mass is 330 g/mol. The van der Waals surface area contributed by atoms with E-state index in [4.69, 9.17) is 0 Å². The molecule has 1 heterocycles. The quantitative estimate of drug-likeness (QED) is 0.457. The minimum atomic E-state index is 0.860. The van der Waals surface area contributed by atoms with Crippen molar-refractivity contribution in [3.63, 3.8) is 0 Å². The Morgan fingerprint density at radius 1 is 0.833 bits per heavy atom. The lowest BCUT2D eigenvalue weighted by atomic mass is 10.1. The van der Waals surface area contributed by atoms with Crippen molar-refractivity contribution < 1.29 is 0 Å². The number of aromatic nitrogens is 2. The van der Waals surface area contributed by atoms with E-state index in [1.54, 1.807) is 11.8 Å². The molecule has 0 unspecified atom stereocenters. The average Bonchev–Trinajstić information content (AvgIpc) is 3.08. The van der Waals surface area contributed by atoms with E-state index in [1.807, 2.05) is 12.3 Å². The van der Waals surface area contributed by atoms with Gasteiger partial charge < -0.3 is 4.57 Å². The molecular formula is C21H18N2S. The van der Waals surface area contributed by atoms with Gasteiger partial charge in [-0.3, -0.25) is 0 Å². The van der Waals surface area contributed by atoms with Gasteiger partial charge in [0.25, 0.3) is 0 Å². The molecule has 3 heteroatoms. The summed E-state index contributed by atoms with van der Waals surface area (Å²) in [6, 6.07) is 25.6. The largest absolute Gasteiger partial charge is 0.322 e. The van der Waals surface area contributed by atoms with E-state index < -0.39 is 0 Å². The molecule has 3 aromatic carbocycles. The van der Waals surface area contributed by atoms with Gasteiger partial charge in [0.1, 0.15) is 0 Å². The number of imidazole rings is 1. The first-order valence-corrected chi connectivity index (χ1v) is 9.03. The van der Waals surface area contributed by atoms with Crippen LogP contribution in [-0.2, 0) is 12.3 Å². The highest BCUT2D eigenvalue weighted by molar-refractivity contribution is 7.98. The van der Waals surface area contributed by atoms with Crippen LogP contribution in [0.2, 0.25) is 0 Å². The third kappa shape index (κ3) is 3.22. The highest BCUT2D eigenvalue weighted by Crippen LogP contribution is 2.26. The number of rotatable bonds is 5. The van der Waals surface area contributed by atoms with Crippen molar-refractivity contribution >= 4 is 22.5 Å². The molecule has 0 radical (unpaired) electrons. The molecule has 24 heavy (non-hydrogen) atoms. The summed E-state index contributed by atoms with van der Waals surface area (Å²) in [6.07, 6.45) is 3.94. The molecule has 0 saturated heterocycles. The van der Waals surface area contributed by atoms with E-state index in [0.717, 1.165) is 17.5 Å². The van der Waals surface area contributed by atoms with Gasteiger partial charge in [-0.2, -0.15) is 0 Å². The van der Waals surface area contributed by atoms with Gasteiger partial charge in [0.05, 0.1) is 0 Å². The summed E-state index contributed by atoms with van der Waals surface area (Å²) in [5.41, 5.74) is 2.65. The second-order valence-electron chi connectivity index (χ2n) is 5.75. The fraction of sp³-hybridized carbons (Fsp3) is 0.0952. The van der Waals surface area contributed by atoms with E-state index in [1.165, 1.54) is 21.9 Å². The van der Waals surface area contributed by atoms with Crippen molar-refractivity contribution in [1.29, 1.82) is 0 Å².